The molecule has 0 saturated carbocycles. The molecule has 2 aromatic carbocycles. The number of ether oxygens (including phenoxy) is 3. The van der Waals surface area contributed by atoms with E-state index in [0.29, 0.717) is 22.9 Å². The standard InChI is InChI=1S/C19H21N3O6S/c1-22-16(19(23)20-13-5-8-17-18(9-13)28-11-27-17)10-15(21-29(22,24)25)12-3-6-14(26-2)7-4-12/h3-9,15-16,21H,10-11H2,1-2H3,(H,20,23)/t15-,16+/m0/s1. The Balaban J connectivity index is 1.54. The third-order valence-corrected chi connectivity index (χ3v) is 6.62. The van der Waals surface area contributed by atoms with E-state index in [-0.39, 0.29) is 13.2 Å². The molecule has 2 atom stereocenters. The molecule has 9 nitrogen and oxygen atoms in total. The first-order valence-corrected chi connectivity index (χ1v) is 10.4. The number of nitrogens with zero attached hydrogens (tertiary/aromatic N) is 1. The van der Waals surface area contributed by atoms with Gasteiger partial charge in [-0.25, -0.2) is 0 Å². The molecule has 1 saturated heterocycles. The fourth-order valence-electron chi connectivity index (χ4n) is 3.36. The van der Waals surface area contributed by atoms with Crippen molar-refractivity contribution in [3.63, 3.8) is 0 Å². The molecule has 0 bridgehead atoms. The van der Waals surface area contributed by atoms with Crippen LogP contribution in [0, 0.1) is 0 Å². The van der Waals surface area contributed by atoms with Gasteiger partial charge in [-0.3, -0.25) is 4.79 Å². The summed E-state index contributed by atoms with van der Waals surface area (Å²) in [5, 5.41) is 2.77. The van der Waals surface area contributed by atoms with E-state index in [1.54, 1.807) is 49.6 Å². The Bertz CT molecular complexity index is 1020. The quantitative estimate of drug-likeness (QED) is 0.781. The van der Waals surface area contributed by atoms with Gasteiger partial charge < -0.3 is 19.5 Å². The van der Waals surface area contributed by atoms with Crippen molar-refractivity contribution in [1.82, 2.24) is 9.03 Å². The maximum absolute atomic E-state index is 12.9. The lowest BCUT2D eigenvalue weighted by Crippen LogP contribution is -2.55. The Morgan fingerprint density at radius 3 is 2.62 bits per heavy atom. The first kappa shape index (κ1) is 19.5. The topological polar surface area (TPSA) is 106 Å². The molecule has 4 rings (SSSR count). The number of likely N-dealkylation sites (N-methyl/N-ethyl adjacent to an activating group) is 1. The Hall–Kier alpha value is -2.82. The molecular formula is C19H21N3O6S. The third-order valence-electron chi connectivity index (χ3n) is 5.03. The zero-order valence-electron chi connectivity index (χ0n) is 15.9. The molecule has 0 spiro atoms. The second-order valence-electron chi connectivity index (χ2n) is 6.77. The highest BCUT2D eigenvalue weighted by Crippen LogP contribution is 2.35. The van der Waals surface area contributed by atoms with Gasteiger partial charge in [0.25, 0.3) is 10.2 Å². The van der Waals surface area contributed by atoms with Gasteiger partial charge in [-0.05, 0) is 36.2 Å². The average molecular weight is 419 g/mol. The predicted octanol–water partition coefficient (Wildman–Crippen LogP) is 1.64. The molecule has 29 heavy (non-hydrogen) atoms. The van der Waals surface area contributed by atoms with Crippen LogP contribution in [0.2, 0.25) is 0 Å². The van der Waals surface area contributed by atoms with Crippen LogP contribution in [0.25, 0.3) is 0 Å². The van der Waals surface area contributed by atoms with Crippen molar-refractivity contribution in [2.24, 2.45) is 0 Å². The summed E-state index contributed by atoms with van der Waals surface area (Å²) in [6, 6.07) is 10.7. The van der Waals surface area contributed by atoms with Crippen LogP contribution >= 0.6 is 0 Å². The van der Waals surface area contributed by atoms with Crippen molar-refractivity contribution in [2.45, 2.75) is 18.5 Å². The van der Waals surface area contributed by atoms with Gasteiger partial charge in [-0.15, -0.1) is 0 Å². The van der Waals surface area contributed by atoms with Crippen LogP contribution in [0.3, 0.4) is 0 Å². The van der Waals surface area contributed by atoms with Crippen LogP contribution in [0.1, 0.15) is 18.0 Å². The summed E-state index contributed by atoms with van der Waals surface area (Å²) < 4.78 is 44.6. The lowest BCUT2D eigenvalue weighted by molar-refractivity contribution is -0.120. The number of nitrogens with one attached hydrogen (secondary N) is 2. The van der Waals surface area contributed by atoms with E-state index in [0.717, 1.165) is 9.87 Å². The predicted molar refractivity (Wildman–Crippen MR) is 105 cm³/mol. The molecule has 2 N–H and O–H groups in total. The number of carbonyl (C=O) groups excluding carboxylic acids is 1. The first-order chi connectivity index (χ1) is 13.9. The van der Waals surface area contributed by atoms with Crippen molar-refractivity contribution in [1.29, 1.82) is 0 Å². The number of benzene rings is 2. The highest BCUT2D eigenvalue weighted by Gasteiger charge is 2.40. The second kappa shape index (κ2) is 7.54. The molecule has 1 fully saturated rings. The zero-order chi connectivity index (χ0) is 20.6. The lowest BCUT2D eigenvalue weighted by Gasteiger charge is -2.36. The van der Waals surface area contributed by atoms with E-state index in [1.807, 2.05) is 0 Å². The molecule has 1 amide bonds. The Morgan fingerprint density at radius 2 is 1.90 bits per heavy atom. The SMILES string of the molecule is COc1ccc([C@@H]2C[C@H](C(=O)Nc3ccc4c(c3)OCO4)N(C)S(=O)(=O)N2)cc1. The Kier molecular flexibility index (Phi) is 5.07. The van der Waals surface area contributed by atoms with Crippen LogP contribution in [0.15, 0.2) is 42.5 Å². The molecule has 0 aromatic heterocycles. The minimum absolute atomic E-state index is 0.131. The Labute approximate surface area is 168 Å². The van der Waals surface area contributed by atoms with Crippen LogP contribution in [-0.4, -0.2) is 45.6 Å². The van der Waals surface area contributed by atoms with Gasteiger partial charge in [0.05, 0.1) is 7.11 Å². The monoisotopic (exact) mass is 419 g/mol. The minimum atomic E-state index is -3.82. The fourth-order valence-corrected chi connectivity index (χ4v) is 4.64. The molecule has 2 aliphatic heterocycles. The molecule has 2 aromatic rings. The van der Waals surface area contributed by atoms with Crippen molar-refractivity contribution in [2.75, 3.05) is 26.3 Å². The number of amides is 1. The van der Waals surface area contributed by atoms with Crippen LogP contribution in [0.5, 0.6) is 17.2 Å². The minimum Gasteiger partial charge on any atom is -0.497 e. The van der Waals surface area contributed by atoms with Crippen LogP contribution in [0.4, 0.5) is 5.69 Å². The molecule has 0 radical (unpaired) electrons. The summed E-state index contributed by atoms with van der Waals surface area (Å²) in [7, 11) is -0.879. The Morgan fingerprint density at radius 1 is 1.17 bits per heavy atom. The zero-order valence-corrected chi connectivity index (χ0v) is 16.7. The van der Waals surface area contributed by atoms with Crippen molar-refractivity contribution in [3.05, 3.63) is 48.0 Å². The highest BCUT2D eigenvalue weighted by molar-refractivity contribution is 7.87. The van der Waals surface area contributed by atoms with Gasteiger partial charge in [0, 0.05) is 24.8 Å². The molecule has 10 heteroatoms. The van der Waals surface area contributed by atoms with Crippen LogP contribution < -0.4 is 24.2 Å². The number of carbonyl (C=O) groups is 1. The highest BCUT2D eigenvalue weighted by atomic mass is 32.2. The normalized spacial score (nSPS) is 22.8. The van der Waals surface area contributed by atoms with Gasteiger partial charge in [0.15, 0.2) is 11.5 Å². The van der Waals surface area contributed by atoms with Gasteiger partial charge in [-0.2, -0.15) is 17.4 Å². The van der Waals surface area contributed by atoms with E-state index < -0.39 is 28.2 Å². The number of rotatable bonds is 4. The second-order valence-corrected chi connectivity index (χ2v) is 8.54. The number of anilines is 1. The van der Waals surface area contributed by atoms with Gasteiger partial charge in [0.2, 0.25) is 12.7 Å². The van der Waals surface area contributed by atoms with Gasteiger partial charge in [-0.1, -0.05) is 12.1 Å². The smallest absolute Gasteiger partial charge is 0.280 e. The first-order valence-electron chi connectivity index (χ1n) is 8.97. The van der Waals surface area contributed by atoms with E-state index in [2.05, 4.69) is 10.0 Å². The summed E-state index contributed by atoms with van der Waals surface area (Å²) in [6.07, 6.45) is 0.276. The average Bonchev–Trinajstić information content (AvgIpc) is 3.17. The summed E-state index contributed by atoms with van der Waals surface area (Å²) in [6.45, 7) is 0.131. The lowest BCUT2D eigenvalue weighted by atomic mass is 9.99. The number of hydrogen-bond acceptors (Lipinski definition) is 6. The molecule has 2 heterocycles. The molecule has 154 valence electrons. The summed E-state index contributed by atoms with van der Waals surface area (Å²) >= 11 is 0. The maximum Gasteiger partial charge on any atom is 0.280 e. The maximum atomic E-state index is 12.9. The summed E-state index contributed by atoms with van der Waals surface area (Å²) in [5.74, 6) is 1.38. The van der Waals surface area contributed by atoms with Gasteiger partial charge >= 0.3 is 0 Å². The fraction of sp³-hybridized carbons (Fsp3) is 0.316. The molecular weight excluding hydrogens is 398 g/mol. The number of fused-ring (bicyclic) bond motifs is 1. The number of hydrogen-bond donors (Lipinski definition) is 2. The van der Waals surface area contributed by atoms with Crippen molar-refractivity contribution < 1.29 is 27.4 Å². The molecule has 0 aliphatic carbocycles. The largest absolute Gasteiger partial charge is 0.497 e. The van der Waals surface area contributed by atoms with E-state index in [9.17, 15) is 13.2 Å². The molecule has 0 unspecified atom stereocenters. The van der Waals surface area contributed by atoms with Gasteiger partial charge in [0.1, 0.15) is 11.8 Å². The number of methoxy groups -OCH3 is 1. The van der Waals surface area contributed by atoms with Crippen molar-refractivity contribution >= 4 is 21.8 Å². The van der Waals surface area contributed by atoms with Crippen LogP contribution in [-0.2, 0) is 15.0 Å². The van der Waals surface area contributed by atoms with E-state index in [1.165, 1.54) is 7.05 Å². The van der Waals surface area contributed by atoms with E-state index >= 15 is 0 Å². The van der Waals surface area contributed by atoms with Crippen molar-refractivity contribution in [3.8, 4) is 17.2 Å². The molecule has 2 aliphatic rings. The summed E-state index contributed by atoms with van der Waals surface area (Å²) in [5.41, 5.74) is 1.26. The third kappa shape index (κ3) is 3.86. The van der Waals surface area contributed by atoms with E-state index in [4.69, 9.17) is 14.2 Å². The summed E-state index contributed by atoms with van der Waals surface area (Å²) in [4.78, 5) is 12.9.